The molecule has 24 atom stereocenters. The number of aliphatic hydroxyl groups excluding tert-OH is 12. The second kappa shape index (κ2) is 28.0. The number of carbonyl (C=O) groups is 3. The zero-order valence-electron chi connectivity index (χ0n) is 43.2. The second-order valence-electron chi connectivity index (χ2n) is 22.2. The number of hydrogen-bond acceptors (Lipinski definition) is 23. The second-order valence-corrected chi connectivity index (χ2v) is 22.2. The number of amides is 1. The van der Waals surface area contributed by atoms with Gasteiger partial charge in [0.25, 0.3) is 0 Å². The fourth-order valence-electron chi connectivity index (χ4n) is 12.1. The number of carbonyl (C=O) groups excluding carboxylic acids is 2. The Kier molecular flexibility index (Phi) is 22.6. The molecule has 0 aromatic carbocycles. The van der Waals surface area contributed by atoms with Crippen molar-refractivity contribution in [2.75, 3.05) is 33.0 Å². The first-order chi connectivity index (χ1) is 36.4. The number of Topliss-reactive ketones (excluding diaryl/α,β-unsaturated/α-hetero) is 1. The van der Waals surface area contributed by atoms with Crippen LogP contribution in [0.5, 0.6) is 0 Å². The number of carboxylic acid groups (broad SMARTS) is 1. The van der Waals surface area contributed by atoms with E-state index in [1.807, 2.05) is 0 Å². The van der Waals surface area contributed by atoms with Crippen LogP contribution in [0.25, 0.3) is 0 Å². The summed E-state index contributed by atoms with van der Waals surface area (Å²) in [6.45, 7) is -0.731. The number of ether oxygens (including phenoxy) is 8. The van der Waals surface area contributed by atoms with Gasteiger partial charge in [-0.15, -0.1) is 0 Å². The first-order valence-corrected chi connectivity index (χ1v) is 27.6. The number of ketones is 1. The third kappa shape index (κ3) is 14.6. The van der Waals surface area contributed by atoms with Crippen molar-refractivity contribution in [3.8, 4) is 0 Å². The molecule has 438 valence electrons. The molecule has 25 heteroatoms. The van der Waals surface area contributed by atoms with Gasteiger partial charge in [-0.2, -0.15) is 0 Å². The van der Waals surface area contributed by atoms with E-state index in [0.29, 0.717) is 31.0 Å². The van der Waals surface area contributed by atoms with Gasteiger partial charge in [0.05, 0.1) is 26.4 Å². The smallest absolute Gasteiger partial charge is 0.335 e. The maximum absolute atomic E-state index is 14.3. The summed E-state index contributed by atoms with van der Waals surface area (Å²) < 4.78 is 44.5. The van der Waals surface area contributed by atoms with Crippen LogP contribution in [0.15, 0.2) is 0 Å². The molecule has 25 nitrogen and oxygen atoms in total. The van der Waals surface area contributed by atoms with Crippen molar-refractivity contribution in [3.05, 3.63) is 0 Å². The van der Waals surface area contributed by atoms with Crippen LogP contribution in [-0.2, 0) is 52.3 Å². The fraction of sp³-hybridized carbons (Fsp3) is 0.941. The van der Waals surface area contributed by atoms with Crippen LogP contribution < -0.4 is 5.32 Å². The van der Waals surface area contributed by atoms with Crippen LogP contribution in [0, 0.1) is 29.1 Å². The van der Waals surface area contributed by atoms with Crippen LogP contribution in [-0.4, -0.2) is 240 Å². The van der Waals surface area contributed by atoms with Crippen molar-refractivity contribution in [1.29, 1.82) is 0 Å². The zero-order chi connectivity index (χ0) is 55.0. The molecule has 3 saturated carbocycles. The normalized spacial score (nSPS) is 43.0. The molecule has 3 aliphatic carbocycles. The summed E-state index contributed by atoms with van der Waals surface area (Å²) in [5, 5.41) is 140. The molecule has 7 fully saturated rings. The predicted octanol–water partition coefficient (Wildman–Crippen LogP) is -2.80. The standard InChI is InChI=1S/C51H85NO24/c1-2-51(17-16-24-12-13-24,27-9-5-3-4-8-25-20-26(25)14-15-27)31(56)10-6-7-11-32(57)52-18-19-69-47-39(64)35(60)42(28(21-53)70-47)73-48-40(65)36(61)43(29(22-54)71-48)74-49-41(66)37(62)44(30(23-55)72-49)75-50-38(63)33(58)34(59)45(76-50)46(67)68/h24-30,33-45,47-50,53-55,58-66H,2-23H2,1H3,(H,52,57)(H,67,68)/t25?,26?,27?,28?,29?,30?,33?,34-,35?,36?,37?,38?,39?,40?,41?,42+,43-,44-,45?,47+,48-,49+,50-,51?/m1/s1. The topological polar surface area (TPSA) is 400 Å². The van der Waals surface area contributed by atoms with Crippen molar-refractivity contribution in [2.45, 2.75) is 239 Å². The summed E-state index contributed by atoms with van der Waals surface area (Å²) >= 11 is 0. The molecule has 0 aromatic rings. The van der Waals surface area contributed by atoms with Crippen molar-refractivity contribution >= 4 is 17.7 Å². The van der Waals surface area contributed by atoms with E-state index in [1.54, 1.807) is 0 Å². The molecule has 0 spiro atoms. The lowest BCUT2D eigenvalue weighted by molar-refractivity contribution is -0.387. The maximum Gasteiger partial charge on any atom is 0.335 e. The quantitative estimate of drug-likeness (QED) is 0.0411. The Labute approximate surface area is 441 Å². The minimum atomic E-state index is -2.12. The largest absolute Gasteiger partial charge is 0.479 e. The molecule has 0 radical (unpaired) electrons. The first kappa shape index (κ1) is 61.4. The van der Waals surface area contributed by atoms with Crippen LogP contribution in [0.1, 0.15) is 116 Å². The van der Waals surface area contributed by atoms with Crippen molar-refractivity contribution in [1.82, 2.24) is 5.32 Å². The highest BCUT2D eigenvalue weighted by Gasteiger charge is 2.56. The maximum atomic E-state index is 14.3. The van der Waals surface area contributed by atoms with E-state index in [-0.39, 0.29) is 30.9 Å². The molecule has 0 bridgehead atoms. The molecular formula is C51H85NO24. The van der Waals surface area contributed by atoms with Gasteiger partial charge >= 0.3 is 5.97 Å². The van der Waals surface area contributed by atoms with E-state index in [0.717, 1.165) is 49.9 Å². The van der Waals surface area contributed by atoms with E-state index in [4.69, 9.17) is 37.9 Å². The number of hydrogen-bond donors (Lipinski definition) is 14. The van der Waals surface area contributed by atoms with E-state index < -0.39 is 149 Å². The predicted molar refractivity (Wildman–Crippen MR) is 257 cm³/mol. The number of rotatable bonds is 25. The number of aliphatic hydroxyl groups is 12. The minimum absolute atomic E-state index is 0.00179. The highest BCUT2D eigenvalue weighted by molar-refractivity contribution is 5.85. The number of nitrogens with one attached hydrogen (secondary N) is 1. The molecule has 7 rings (SSSR count). The Morgan fingerprint density at radius 2 is 1.07 bits per heavy atom. The summed E-state index contributed by atoms with van der Waals surface area (Å²) in [7, 11) is 0. The molecule has 76 heavy (non-hydrogen) atoms. The van der Waals surface area contributed by atoms with Gasteiger partial charge in [0.2, 0.25) is 5.91 Å². The van der Waals surface area contributed by atoms with Crippen LogP contribution >= 0.6 is 0 Å². The zero-order valence-corrected chi connectivity index (χ0v) is 43.2. The Hall–Kier alpha value is -2.19. The van der Waals surface area contributed by atoms with Gasteiger partial charge in [0.1, 0.15) is 97.3 Å². The third-order valence-electron chi connectivity index (χ3n) is 17.2. The average molecular weight is 1100 g/mol. The van der Waals surface area contributed by atoms with Crippen LogP contribution in [0.2, 0.25) is 0 Å². The van der Waals surface area contributed by atoms with Crippen molar-refractivity contribution < 1.29 is 119 Å². The lowest BCUT2D eigenvalue weighted by atomic mass is 9.62. The van der Waals surface area contributed by atoms with Crippen LogP contribution in [0.3, 0.4) is 0 Å². The minimum Gasteiger partial charge on any atom is -0.479 e. The Morgan fingerprint density at radius 3 is 1.61 bits per heavy atom. The van der Waals surface area contributed by atoms with E-state index in [1.165, 1.54) is 51.4 Å². The van der Waals surface area contributed by atoms with Gasteiger partial charge in [-0.3, -0.25) is 9.59 Å². The third-order valence-corrected chi connectivity index (χ3v) is 17.2. The molecule has 0 aromatic heterocycles. The fourth-order valence-corrected chi connectivity index (χ4v) is 12.1. The van der Waals surface area contributed by atoms with Gasteiger partial charge in [0.15, 0.2) is 31.3 Å². The Morgan fingerprint density at radius 1 is 0.566 bits per heavy atom. The summed E-state index contributed by atoms with van der Waals surface area (Å²) in [6.07, 6.45) is -20.5. The summed E-state index contributed by atoms with van der Waals surface area (Å²) in [5.74, 6) is 1.24. The number of aliphatic carboxylic acids is 1. The van der Waals surface area contributed by atoms with Gasteiger partial charge in [-0.1, -0.05) is 45.4 Å². The molecule has 1 amide bonds. The Bertz CT molecular complexity index is 1830. The summed E-state index contributed by atoms with van der Waals surface area (Å²) in [5.41, 5.74) is -0.300. The molecule has 16 unspecified atom stereocenters. The molecule has 4 saturated heterocycles. The highest BCUT2D eigenvalue weighted by Crippen LogP contribution is 2.52. The van der Waals surface area contributed by atoms with Crippen molar-refractivity contribution in [2.24, 2.45) is 29.1 Å². The Balaban J connectivity index is 0.845. The highest BCUT2D eigenvalue weighted by atomic mass is 16.8. The van der Waals surface area contributed by atoms with E-state index >= 15 is 0 Å². The lowest BCUT2D eigenvalue weighted by Gasteiger charge is -2.49. The molecule has 7 aliphatic rings. The van der Waals surface area contributed by atoms with Gasteiger partial charge in [-0.05, 0) is 81.5 Å². The SMILES string of the molecule is CCC(CCC1CC1)(C(=O)CCCCC(=O)NCCO[C@H]1OC(CO)[C@H](O[C@H]2OC(CO)[C@@H](O[C@@H]3OC(CO)[C@@H](O[C@@H]4OC(C(=O)O)[C@H](O)C(O)C4O)C(O)C3O)C(O)C2O)C(O)C1O)C1CCCCCC2CC2CC1. The van der Waals surface area contributed by atoms with Gasteiger partial charge in [-0.25, -0.2) is 4.79 Å². The first-order valence-electron chi connectivity index (χ1n) is 27.6. The van der Waals surface area contributed by atoms with Gasteiger partial charge in [0, 0.05) is 24.8 Å². The number of unbranched alkanes of at least 4 members (excludes halogenated alkanes) is 1. The number of carboxylic acids is 1. The van der Waals surface area contributed by atoms with Gasteiger partial charge < -0.3 is 110 Å². The van der Waals surface area contributed by atoms with E-state index in [2.05, 4.69) is 12.2 Å². The lowest BCUT2D eigenvalue weighted by Crippen LogP contribution is -2.67. The molecule has 4 aliphatic heterocycles. The molecule has 14 N–H and O–H groups in total. The summed E-state index contributed by atoms with van der Waals surface area (Å²) in [4.78, 5) is 38.7. The van der Waals surface area contributed by atoms with E-state index in [9.17, 15) is 80.8 Å². The molecular weight excluding hydrogens is 1010 g/mol. The van der Waals surface area contributed by atoms with Crippen LogP contribution in [0.4, 0.5) is 0 Å². The summed E-state index contributed by atoms with van der Waals surface area (Å²) in [6, 6.07) is 0. The monoisotopic (exact) mass is 1100 g/mol. The number of fused-ring (bicyclic) bond motifs is 1. The average Bonchev–Trinajstić information content (AvgIpc) is 4.37. The molecule has 4 heterocycles. The van der Waals surface area contributed by atoms with Crippen molar-refractivity contribution in [3.63, 3.8) is 0 Å².